The first kappa shape index (κ1) is 20.8. The van der Waals surface area contributed by atoms with Crippen molar-refractivity contribution in [3.8, 4) is 0 Å². The summed E-state index contributed by atoms with van der Waals surface area (Å²) < 4.78 is 2.07. The molecule has 5 nitrogen and oxygen atoms in total. The molecule has 0 spiro atoms. The van der Waals surface area contributed by atoms with Crippen LogP contribution in [0, 0.1) is 0 Å². The Labute approximate surface area is 172 Å². The maximum atomic E-state index is 12.0. The molecule has 0 aliphatic carbocycles. The number of carbonyl (C=O) groups excluding carboxylic acids is 2. The highest BCUT2D eigenvalue weighted by atomic mass is 16.1. The summed E-state index contributed by atoms with van der Waals surface area (Å²) in [5, 5.41) is 2.99. The van der Waals surface area contributed by atoms with Gasteiger partial charge in [0.1, 0.15) is 5.82 Å². The molecule has 3 aromatic rings. The number of ketones is 1. The van der Waals surface area contributed by atoms with E-state index in [1.807, 2.05) is 61.5 Å². The number of hydrogen-bond donors (Lipinski definition) is 1. The number of amides is 1. The highest BCUT2D eigenvalue weighted by Gasteiger charge is 2.18. The van der Waals surface area contributed by atoms with Crippen molar-refractivity contribution >= 4 is 22.7 Å². The number of fused-ring (bicyclic) bond motifs is 1. The van der Waals surface area contributed by atoms with Crippen LogP contribution in [0.5, 0.6) is 0 Å². The topological polar surface area (TPSA) is 64.0 Å². The number of nitrogens with one attached hydrogen (secondary N) is 1. The summed E-state index contributed by atoms with van der Waals surface area (Å²) in [6, 6.07) is 17.5. The van der Waals surface area contributed by atoms with Gasteiger partial charge in [0, 0.05) is 13.0 Å². The lowest BCUT2D eigenvalue weighted by Crippen LogP contribution is -2.26. The van der Waals surface area contributed by atoms with E-state index in [0.717, 1.165) is 48.1 Å². The summed E-state index contributed by atoms with van der Waals surface area (Å²) in [5.74, 6) is 1.16. The van der Waals surface area contributed by atoms with Crippen LogP contribution < -0.4 is 5.32 Å². The zero-order valence-electron chi connectivity index (χ0n) is 17.2. The van der Waals surface area contributed by atoms with E-state index in [1.54, 1.807) is 6.92 Å². The second kappa shape index (κ2) is 10.0. The summed E-state index contributed by atoms with van der Waals surface area (Å²) in [5.41, 5.74) is 2.98. The molecule has 0 bridgehead atoms. The van der Waals surface area contributed by atoms with Crippen LogP contribution in [-0.2, 0) is 22.4 Å². The van der Waals surface area contributed by atoms with Gasteiger partial charge in [-0.05, 0) is 44.4 Å². The number of unbranched alkanes of at least 4 members (excludes halogenated alkanes) is 2. The number of rotatable bonds is 10. The van der Waals surface area contributed by atoms with Gasteiger partial charge in [-0.15, -0.1) is 0 Å². The van der Waals surface area contributed by atoms with Gasteiger partial charge in [-0.25, -0.2) is 4.98 Å². The molecule has 152 valence electrons. The summed E-state index contributed by atoms with van der Waals surface area (Å²) in [7, 11) is 0. The van der Waals surface area contributed by atoms with Crippen molar-refractivity contribution in [3.05, 3.63) is 66.0 Å². The smallest absolute Gasteiger partial charge is 0.224 e. The molecule has 1 aromatic heterocycles. The molecule has 2 aromatic carbocycles. The minimum atomic E-state index is -0.213. The summed E-state index contributed by atoms with van der Waals surface area (Å²) in [6.07, 6.45) is 4.16. The number of nitrogens with zero attached hydrogens (tertiary/aromatic N) is 2. The van der Waals surface area contributed by atoms with Crippen molar-refractivity contribution in [2.75, 3.05) is 6.54 Å². The second-order valence-corrected chi connectivity index (χ2v) is 7.50. The fourth-order valence-corrected chi connectivity index (χ4v) is 3.54. The van der Waals surface area contributed by atoms with Crippen molar-refractivity contribution in [2.45, 2.75) is 52.0 Å². The van der Waals surface area contributed by atoms with Crippen LogP contribution in [0.1, 0.15) is 50.5 Å². The van der Waals surface area contributed by atoms with Crippen molar-refractivity contribution in [2.24, 2.45) is 0 Å². The quantitative estimate of drug-likeness (QED) is 0.525. The molecule has 5 heteroatoms. The molecule has 3 rings (SSSR count). The van der Waals surface area contributed by atoms with Gasteiger partial charge in [0.05, 0.1) is 23.5 Å². The molecule has 1 atom stereocenters. The number of Topliss-reactive ketones (excluding diaryl/α,β-unsaturated/α-hetero) is 1. The van der Waals surface area contributed by atoms with Crippen LogP contribution in [0.3, 0.4) is 0 Å². The van der Waals surface area contributed by atoms with Gasteiger partial charge < -0.3 is 9.88 Å². The highest BCUT2D eigenvalue weighted by Crippen LogP contribution is 2.23. The Hall–Kier alpha value is -2.95. The van der Waals surface area contributed by atoms with E-state index in [1.165, 1.54) is 0 Å². The molecule has 0 aliphatic rings. The molecule has 1 unspecified atom stereocenters. The average molecular weight is 392 g/mol. The average Bonchev–Trinajstić information content (AvgIpc) is 3.08. The van der Waals surface area contributed by atoms with Crippen LogP contribution in [-0.4, -0.2) is 27.8 Å². The van der Waals surface area contributed by atoms with Gasteiger partial charge in [-0.1, -0.05) is 48.9 Å². The molecule has 0 saturated heterocycles. The number of imidazole rings is 1. The second-order valence-electron chi connectivity index (χ2n) is 7.50. The normalized spacial score (nSPS) is 12.1. The van der Waals surface area contributed by atoms with E-state index in [0.29, 0.717) is 13.0 Å². The Morgan fingerprint density at radius 3 is 2.48 bits per heavy atom. The zero-order chi connectivity index (χ0) is 20.6. The van der Waals surface area contributed by atoms with Crippen LogP contribution in [0.2, 0.25) is 0 Å². The molecule has 29 heavy (non-hydrogen) atoms. The minimum absolute atomic E-state index is 0.0632. The van der Waals surface area contributed by atoms with Crippen molar-refractivity contribution in [3.63, 3.8) is 0 Å². The Kier molecular flexibility index (Phi) is 7.17. The molecule has 0 aliphatic heterocycles. The SMILES string of the molecule is CC(=O)C(C)n1c(CCCCCNC(=O)Cc2ccccc2)nc2ccccc21. The maximum Gasteiger partial charge on any atom is 0.224 e. The lowest BCUT2D eigenvalue weighted by Gasteiger charge is -2.15. The zero-order valence-corrected chi connectivity index (χ0v) is 17.2. The molecular formula is C24H29N3O2. The maximum absolute atomic E-state index is 12.0. The predicted octanol–water partition coefficient (Wildman–Crippen LogP) is 4.26. The molecule has 1 heterocycles. The Morgan fingerprint density at radius 1 is 1.00 bits per heavy atom. The van der Waals surface area contributed by atoms with E-state index < -0.39 is 0 Å². The number of para-hydroxylation sites is 2. The third-order valence-corrected chi connectivity index (χ3v) is 5.25. The Bertz CT molecular complexity index is 963. The molecule has 0 saturated carbocycles. The fourth-order valence-electron chi connectivity index (χ4n) is 3.54. The number of carbonyl (C=O) groups is 2. The van der Waals surface area contributed by atoms with Crippen molar-refractivity contribution in [1.29, 1.82) is 0 Å². The van der Waals surface area contributed by atoms with Gasteiger partial charge in [0.15, 0.2) is 5.78 Å². The van der Waals surface area contributed by atoms with Crippen LogP contribution in [0.15, 0.2) is 54.6 Å². The van der Waals surface area contributed by atoms with Crippen molar-refractivity contribution < 1.29 is 9.59 Å². The van der Waals surface area contributed by atoms with Crippen molar-refractivity contribution in [1.82, 2.24) is 14.9 Å². The van der Waals surface area contributed by atoms with Crippen LogP contribution in [0.25, 0.3) is 11.0 Å². The molecular weight excluding hydrogens is 362 g/mol. The first-order valence-corrected chi connectivity index (χ1v) is 10.3. The Balaban J connectivity index is 1.47. The monoisotopic (exact) mass is 391 g/mol. The number of aryl methyl sites for hydroxylation is 1. The Morgan fingerprint density at radius 2 is 1.72 bits per heavy atom. The number of benzene rings is 2. The van der Waals surface area contributed by atoms with Crippen LogP contribution in [0.4, 0.5) is 0 Å². The van der Waals surface area contributed by atoms with E-state index >= 15 is 0 Å². The van der Waals surface area contributed by atoms with E-state index in [-0.39, 0.29) is 17.7 Å². The van der Waals surface area contributed by atoms with Gasteiger partial charge in [0.25, 0.3) is 0 Å². The van der Waals surface area contributed by atoms with Gasteiger partial charge in [-0.2, -0.15) is 0 Å². The standard InChI is InChI=1S/C24H29N3O2/c1-18(19(2)28)27-22-14-9-8-13-21(22)26-23(27)15-7-4-10-16-25-24(29)17-20-11-5-3-6-12-20/h3,5-6,8-9,11-14,18H,4,7,10,15-17H2,1-2H3,(H,25,29). The molecule has 1 amide bonds. The first-order chi connectivity index (χ1) is 14.1. The predicted molar refractivity (Wildman–Crippen MR) is 116 cm³/mol. The third kappa shape index (κ3) is 5.53. The van der Waals surface area contributed by atoms with Gasteiger partial charge in [0.2, 0.25) is 5.91 Å². The minimum Gasteiger partial charge on any atom is -0.356 e. The summed E-state index contributed by atoms with van der Waals surface area (Å²) in [6.45, 7) is 4.25. The van der Waals surface area contributed by atoms with Gasteiger partial charge in [-0.3, -0.25) is 9.59 Å². The largest absolute Gasteiger partial charge is 0.356 e. The highest BCUT2D eigenvalue weighted by molar-refractivity contribution is 5.83. The summed E-state index contributed by atoms with van der Waals surface area (Å²) >= 11 is 0. The van der Waals surface area contributed by atoms with E-state index in [2.05, 4.69) is 9.88 Å². The number of hydrogen-bond acceptors (Lipinski definition) is 3. The molecule has 0 radical (unpaired) electrons. The van der Waals surface area contributed by atoms with E-state index in [4.69, 9.17) is 4.98 Å². The molecule has 1 N–H and O–H groups in total. The first-order valence-electron chi connectivity index (χ1n) is 10.3. The molecule has 0 fully saturated rings. The van der Waals surface area contributed by atoms with Crippen LogP contribution >= 0.6 is 0 Å². The lowest BCUT2D eigenvalue weighted by atomic mass is 10.1. The third-order valence-electron chi connectivity index (χ3n) is 5.25. The lowest BCUT2D eigenvalue weighted by molar-refractivity contribution is -0.120. The van der Waals surface area contributed by atoms with Gasteiger partial charge >= 0.3 is 0 Å². The summed E-state index contributed by atoms with van der Waals surface area (Å²) in [4.78, 5) is 28.7. The fraction of sp³-hybridized carbons (Fsp3) is 0.375. The number of aromatic nitrogens is 2. The van der Waals surface area contributed by atoms with E-state index in [9.17, 15) is 9.59 Å².